The molecule has 0 aliphatic carbocycles. The van der Waals surface area contributed by atoms with Crippen molar-refractivity contribution in [3.8, 4) is 28.9 Å². The minimum atomic E-state index is 0.492. The fourth-order valence-corrected chi connectivity index (χ4v) is 2.99. The standard InChI is InChI=1S/C21H15N3O/c1-25-20-12-11-15(13-16(20)14-22)21-23-18-9-5-6-10-19(18)24(21)17-7-3-2-4-8-17/h2-13H,1H3. The number of fused-ring (bicyclic) bond motifs is 1. The van der Waals surface area contributed by atoms with Crippen LogP contribution in [0, 0.1) is 11.3 Å². The second kappa shape index (κ2) is 6.14. The lowest BCUT2D eigenvalue weighted by molar-refractivity contribution is 0.413. The fraction of sp³-hybridized carbons (Fsp3) is 0.0476. The monoisotopic (exact) mass is 325 g/mol. The van der Waals surface area contributed by atoms with Crippen molar-refractivity contribution in [2.75, 3.05) is 7.11 Å². The summed E-state index contributed by atoms with van der Waals surface area (Å²) in [6.07, 6.45) is 0. The number of nitriles is 1. The molecule has 0 saturated carbocycles. The van der Waals surface area contributed by atoms with Gasteiger partial charge in [-0.25, -0.2) is 4.98 Å². The lowest BCUT2D eigenvalue weighted by Crippen LogP contribution is -1.98. The zero-order chi connectivity index (χ0) is 17.2. The van der Waals surface area contributed by atoms with E-state index in [2.05, 4.69) is 10.6 Å². The first-order valence-corrected chi connectivity index (χ1v) is 7.93. The molecule has 1 aromatic heterocycles. The van der Waals surface area contributed by atoms with E-state index in [-0.39, 0.29) is 0 Å². The lowest BCUT2D eigenvalue weighted by Gasteiger charge is -2.10. The van der Waals surface area contributed by atoms with Crippen molar-refractivity contribution in [1.82, 2.24) is 9.55 Å². The van der Waals surface area contributed by atoms with Gasteiger partial charge in [0.25, 0.3) is 0 Å². The number of nitrogens with zero attached hydrogens (tertiary/aromatic N) is 3. The van der Waals surface area contributed by atoms with E-state index < -0.39 is 0 Å². The van der Waals surface area contributed by atoms with Crippen LogP contribution >= 0.6 is 0 Å². The van der Waals surface area contributed by atoms with Gasteiger partial charge in [-0.3, -0.25) is 4.57 Å². The highest BCUT2D eigenvalue weighted by molar-refractivity contribution is 5.83. The van der Waals surface area contributed by atoms with Crippen molar-refractivity contribution in [2.45, 2.75) is 0 Å². The molecule has 0 fully saturated rings. The summed E-state index contributed by atoms with van der Waals surface area (Å²) in [7, 11) is 1.56. The largest absolute Gasteiger partial charge is 0.495 e. The molecule has 0 N–H and O–H groups in total. The first-order valence-electron chi connectivity index (χ1n) is 7.93. The molecular formula is C21H15N3O. The van der Waals surface area contributed by atoms with Crippen LogP contribution in [-0.2, 0) is 0 Å². The highest BCUT2D eigenvalue weighted by Gasteiger charge is 2.15. The lowest BCUT2D eigenvalue weighted by atomic mass is 10.1. The Bertz CT molecular complexity index is 1090. The maximum Gasteiger partial charge on any atom is 0.145 e. The van der Waals surface area contributed by atoms with Crippen LogP contribution in [-0.4, -0.2) is 16.7 Å². The summed E-state index contributed by atoms with van der Waals surface area (Å²) < 4.78 is 7.36. The molecule has 0 saturated heterocycles. The Labute approximate surface area is 145 Å². The second-order valence-electron chi connectivity index (χ2n) is 5.62. The molecule has 1 heterocycles. The Morgan fingerprint density at radius 2 is 1.72 bits per heavy atom. The minimum Gasteiger partial charge on any atom is -0.495 e. The molecular weight excluding hydrogens is 310 g/mol. The number of aromatic nitrogens is 2. The highest BCUT2D eigenvalue weighted by atomic mass is 16.5. The summed E-state index contributed by atoms with van der Waals surface area (Å²) in [5, 5.41) is 9.39. The van der Waals surface area contributed by atoms with E-state index in [0.29, 0.717) is 11.3 Å². The maximum atomic E-state index is 9.39. The van der Waals surface area contributed by atoms with Gasteiger partial charge < -0.3 is 4.74 Å². The van der Waals surface area contributed by atoms with Gasteiger partial charge in [0.05, 0.1) is 23.7 Å². The Hall–Kier alpha value is -3.58. The Kier molecular flexibility index (Phi) is 3.68. The topological polar surface area (TPSA) is 50.8 Å². The van der Waals surface area contributed by atoms with Crippen LogP contribution < -0.4 is 4.74 Å². The average molecular weight is 325 g/mol. The Morgan fingerprint density at radius 3 is 2.48 bits per heavy atom. The van der Waals surface area contributed by atoms with Crippen molar-refractivity contribution in [3.63, 3.8) is 0 Å². The predicted molar refractivity (Wildman–Crippen MR) is 97.8 cm³/mol. The zero-order valence-corrected chi connectivity index (χ0v) is 13.7. The van der Waals surface area contributed by atoms with Crippen molar-refractivity contribution < 1.29 is 4.74 Å². The SMILES string of the molecule is COc1ccc(-c2nc3ccccc3n2-c2ccccc2)cc1C#N. The summed E-state index contributed by atoms with van der Waals surface area (Å²) in [6, 6.07) is 25.9. The van der Waals surface area contributed by atoms with Crippen LogP contribution in [0.15, 0.2) is 72.8 Å². The van der Waals surface area contributed by atoms with Gasteiger partial charge in [0.1, 0.15) is 17.6 Å². The first-order chi connectivity index (χ1) is 12.3. The molecule has 0 bridgehead atoms. The van der Waals surface area contributed by atoms with Crippen LogP contribution in [0.2, 0.25) is 0 Å². The molecule has 0 aliphatic heterocycles. The molecule has 0 amide bonds. The van der Waals surface area contributed by atoms with Gasteiger partial charge in [-0.05, 0) is 42.5 Å². The summed E-state index contributed by atoms with van der Waals surface area (Å²) in [4.78, 5) is 4.80. The molecule has 0 unspecified atom stereocenters. The van der Waals surface area contributed by atoms with Gasteiger partial charge in [-0.2, -0.15) is 5.26 Å². The molecule has 4 aromatic rings. The average Bonchev–Trinajstić information content (AvgIpc) is 3.07. The first kappa shape index (κ1) is 15.0. The zero-order valence-electron chi connectivity index (χ0n) is 13.7. The number of rotatable bonds is 3. The van der Waals surface area contributed by atoms with Crippen LogP contribution in [0.3, 0.4) is 0 Å². The third-order valence-electron chi connectivity index (χ3n) is 4.15. The highest BCUT2D eigenvalue weighted by Crippen LogP contribution is 2.31. The predicted octanol–water partition coefficient (Wildman–Crippen LogP) is 4.57. The van der Waals surface area contributed by atoms with E-state index in [1.165, 1.54) is 0 Å². The second-order valence-corrected chi connectivity index (χ2v) is 5.62. The van der Waals surface area contributed by atoms with Crippen molar-refractivity contribution in [1.29, 1.82) is 5.26 Å². The molecule has 25 heavy (non-hydrogen) atoms. The smallest absolute Gasteiger partial charge is 0.145 e. The molecule has 0 radical (unpaired) electrons. The molecule has 4 heteroatoms. The molecule has 0 atom stereocenters. The third-order valence-corrected chi connectivity index (χ3v) is 4.15. The van der Waals surface area contributed by atoms with Gasteiger partial charge in [-0.15, -0.1) is 0 Å². The van der Waals surface area contributed by atoms with Gasteiger partial charge >= 0.3 is 0 Å². The molecule has 4 rings (SSSR count). The number of para-hydroxylation sites is 3. The number of benzene rings is 3. The van der Waals surface area contributed by atoms with E-state index in [4.69, 9.17) is 9.72 Å². The molecule has 0 spiro atoms. The van der Waals surface area contributed by atoms with Gasteiger partial charge in [-0.1, -0.05) is 30.3 Å². The Morgan fingerprint density at radius 1 is 0.960 bits per heavy atom. The van der Waals surface area contributed by atoms with Crippen LogP contribution in [0.1, 0.15) is 5.56 Å². The summed E-state index contributed by atoms with van der Waals surface area (Å²) >= 11 is 0. The van der Waals surface area contributed by atoms with E-state index in [1.54, 1.807) is 7.11 Å². The number of methoxy groups -OCH3 is 1. The molecule has 4 nitrogen and oxygen atoms in total. The quantitative estimate of drug-likeness (QED) is 0.554. The number of imidazole rings is 1. The summed E-state index contributed by atoms with van der Waals surface area (Å²) in [6.45, 7) is 0. The fourth-order valence-electron chi connectivity index (χ4n) is 2.99. The number of hydrogen-bond acceptors (Lipinski definition) is 3. The molecule has 120 valence electrons. The van der Waals surface area contributed by atoms with Gasteiger partial charge in [0.15, 0.2) is 0 Å². The Balaban J connectivity index is 2.01. The van der Waals surface area contributed by atoms with Crippen LogP contribution in [0.25, 0.3) is 28.1 Å². The van der Waals surface area contributed by atoms with E-state index in [9.17, 15) is 5.26 Å². The number of ether oxygens (including phenoxy) is 1. The van der Waals surface area contributed by atoms with Gasteiger partial charge in [0, 0.05) is 11.3 Å². The maximum absolute atomic E-state index is 9.39. The van der Waals surface area contributed by atoms with Crippen molar-refractivity contribution in [3.05, 3.63) is 78.4 Å². The molecule has 0 aliphatic rings. The number of hydrogen-bond donors (Lipinski definition) is 0. The normalized spacial score (nSPS) is 10.6. The minimum absolute atomic E-state index is 0.492. The van der Waals surface area contributed by atoms with Crippen molar-refractivity contribution in [2.24, 2.45) is 0 Å². The van der Waals surface area contributed by atoms with E-state index in [0.717, 1.165) is 28.1 Å². The van der Waals surface area contributed by atoms with Crippen LogP contribution in [0.5, 0.6) is 5.75 Å². The van der Waals surface area contributed by atoms with Gasteiger partial charge in [0.2, 0.25) is 0 Å². The third kappa shape index (κ3) is 2.52. The summed E-state index contributed by atoms with van der Waals surface area (Å²) in [5.74, 6) is 1.36. The summed E-state index contributed by atoms with van der Waals surface area (Å²) in [5.41, 5.74) is 4.33. The van der Waals surface area contributed by atoms with Crippen molar-refractivity contribution >= 4 is 11.0 Å². The van der Waals surface area contributed by atoms with Crippen LogP contribution in [0.4, 0.5) is 0 Å². The van der Waals surface area contributed by atoms with E-state index in [1.807, 2.05) is 72.8 Å². The molecule has 3 aromatic carbocycles. The van der Waals surface area contributed by atoms with E-state index >= 15 is 0 Å².